The smallest absolute Gasteiger partial charge is 0.215 e. The molecule has 0 rings (SSSR count). The number of hydrogen-bond donors (Lipinski definition) is 2. The molecule has 6 nitrogen and oxygen atoms in total. The number of nitrogens with one attached hydrogen (secondary N) is 1. The maximum Gasteiger partial charge on any atom is 0.215 e. The molecule has 0 spiro atoms. The molecule has 15 heavy (non-hydrogen) atoms. The molecule has 0 bridgehead atoms. The number of hydrogen-bond acceptors (Lipinski definition) is 3. The number of nitrogens with zero attached hydrogens (tertiary/aromatic N) is 2. The van der Waals surface area contributed by atoms with Gasteiger partial charge in [0.25, 0.3) is 0 Å². The molecule has 0 aromatic carbocycles. The highest BCUT2D eigenvalue weighted by Gasteiger charge is 2.12. The number of guanidine groups is 1. The van der Waals surface area contributed by atoms with E-state index in [0.29, 0.717) is 0 Å². The van der Waals surface area contributed by atoms with E-state index in [9.17, 15) is 8.42 Å². The number of aliphatic imine (C=N–C) groups is 1. The van der Waals surface area contributed by atoms with E-state index >= 15 is 0 Å². The Balaban J connectivity index is 4.09. The third kappa shape index (κ3) is 6.29. The third-order valence-electron chi connectivity index (χ3n) is 1.62. The largest absolute Gasteiger partial charge is 0.370 e. The van der Waals surface area contributed by atoms with Crippen LogP contribution in [0.4, 0.5) is 0 Å². The van der Waals surface area contributed by atoms with Crippen LogP contribution in [0, 0.1) is 0 Å². The van der Waals surface area contributed by atoms with Crippen molar-refractivity contribution in [2.75, 3.05) is 26.4 Å². The van der Waals surface area contributed by atoms with Crippen LogP contribution >= 0.6 is 0 Å². The van der Waals surface area contributed by atoms with Gasteiger partial charge in [-0.25, -0.2) is 12.7 Å². The molecule has 0 aliphatic carbocycles. The summed E-state index contributed by atoms with van der Waals surface area (Å²) in [6.07, 6.45) is 0. The van der Waals surface area contributed by atoms with Gasteiger partial charge in [0.1, 0.15) is 0 Å². The van der Waals surface area contributed by atoms with Gasteiger partial charge in [0.2, 0.25) is 10.0 Å². The highest BCUT2D eigenvalue weighted by Crippen LogP contribution is 1.93. The van der Waals surface area contributed by atoms with Gasteiger partial charge in [-0.15, -0.1) is 0 Å². The van der Waals surface area contributed by atoms with Gasteiger partial charge in [-0.3, -0.25) is 4.99 Å². The lowest BCUT2D eigenvalue weighted by atomic mass is 10.4. The molecule has 0 atom stereocenters. The topological polar surface area (TPSA) is 87.8 Å². The van der Waals surface area contributed by atoms with Gasteiger partial charge in [0.15, 0.2) is 5.96 Å². The van der Waals surface area contributed by atoms with Crippen LogP contribution in [-0.4, -0.2) is 51.1 Å². The summed E-state index contributed by atoms with van der Waals surface area (Å²) < 4.78 is 23.8. The third-order valence-corrected chi connectivity index (χ3v) is 3.44. The molecule has 0 heterocycles. The van der Waals surface area contributed by atoms with Crippen molar-refractivity contribution in [2.24, 2.45) is 10.7 Å². The van der Waals surface area contributed by atoms with Crippen molar-refractivity contribution in [1.29, 1.82) is 0 Å². The van der Waals surface area contributed by atoms with Crippen molar-refractivity contribution in [3.8, 4) is 0 Å². The summed E-state index contributed by atoms with van der Waals surface area (Å²) in [6, 6.07) is 0.194. The van der Waals surface area contributed by atoms with Gasteiger partial charge in [-0.05, 0) is 13.8 Å². The minimum absolute atomic E-state index is 0.0273. The molecule has 0 fully saturated rings. The van der Waals surface area contributed by atoms with Crippen molar-refractivity contribution in [1.82, 2.24) is 9.62 Å². The second-order valence-electron chi connectivity index (χ2n) is 3.66. The first-order valence-electron chi connectivity index (χ1n) is 4.72. The monoisotopic (exact) mass is 236 g/mol. The molecule has 7 heteroatoms. The maximum absolute atomic E-state index is 11.3. The SMILES string of the molecule is CC(C)NC(N)=NCCS(=O)(=O)N(C)C. The molecule has 0 aromatic rings. The second kappa shape index (κ2) is 5.92. The van der Waals surface area contributed by atoms with E-state index < -0.39 is 10.0 Å². The highest BCUT2D eigenvalue weighted by atomic mass is 32.2. The summed E-state index contributed by atoms with van der Waals surface area (Å²) in [5.41, 5.74) is 5.51. The molecule has 0 unspecified atom stereocenters. The Labute approximate surface area is 91.6 Å². The van der Waals surface area contributed by atoms with Crippen LogP contribution < -0.4 is 11.1 Å². The Kier molecular flexibility index (Phi) is 5.59. The summed E-state index contributed by atoms with van der Waals surface area (Å²) in [4.78, 5) is 3.91. The molecule has 0 amide bonds. The lowest BCUT2D eigenvalue weighted by molar-refractivity contribution is 0.521. The van der Waals surface area contributed by atoms with Crippen LogP contribution in [-0.2, 0) is 10.0 Å². The van der Waals surface area contributed by atoms with Gasteiger partial charge in [-0.1, -0.05) is 0 Å². The first-order chi connectivity index (χ1) is 6.75. The normalized spacial score (nSPS) is 13.6. The van der Waals surface area contributed by atoms with Gasteiger partial charge in [0.05, 0.1) is 12.3 Å². The number of nitrogens with two attached hydrogens (primary N) is 1. The van der Waals surface area contributed by atoms with E-state index in [1.165, 1.54) is 18.4 Å². The molecule has 0 aliphatic heterocycles. The molecule has 0 saturated carbocycles. The molecule has 90 valence electrons. The summed E-state index contributed by atoms with van der Waals surface area (Å²) >= 11 is 0. The predicted octanol–water partition coefficient (Wildman–Crippen LogP) is -0.809. The van der Waals surface area contributed by atoms with Gasteiger partial charge in [-0.2, -0.15) is 0 Å². The van der Waals surface area contributed by atoms with Crippen molar-refractivity contribution in [3.63, 3.8) is 0 Å². The Morgan fingerprint density at radius 3 is 2.40 bits per heavy atom. The Morgan fingerprint density at radius 2 is 2.00 bits per heavy atom. The van der Waals surface area contributed by atoms with Crippen LogP contribution in [0.25, 0.3) is 0 Å². The van der Waals surface area contributed by atoms with Crippen molar-refractivity contribution in [2.45, 2.75) is 19.9 Å². The molecular weight excluding hydrogens is 216 g/mol. The van der Waals surface area contributed by atoms with E-state index in [0.717, 1.165) is 0 Å². The zero-order valence-electron chi connectivity index (χ0n) is 9.69. The summed E-state index contributed by atoms with van der Waals surface area (Å²) in [5.74, 6) is 0.250. The van der Waals surface area contributed by atoms with Crippen LogP contribution in [0.15, 0.2) is 4.99 Å². The van der Waals surface area contributed by atoms with E-state index in [1.54, 1.807) is 0 Å². The van der Waals surface area contributed by atoms with Crippen LogP contribution in [0.2, 0.25) is 0 Å². The van der Waals surface area contributed by atoms with Crippen molar-refractivity contribution < 1.29 is 8.42 Å². The number of rotatable bonds is 5. The fourth-order valence-corrected chi connectivity index (χ4v) is 1.49. The summed E-state index contributed by atoms with van der Waals surface area (Å²) in [7, 11) is -0.190. The lowest BCUT2D eigenvalue weighted by Gasteiger charge is -2.11. The summed E-state index contributed by atoms with van der Waals surface area (Å²) in [5, 5.41) is 2.88. The van der Waals surface area contributed by atoms with E-state index in [1.807, 2.05) is 13.8 Å². The van der Waals surface area contributed by atoms with Gasteiger partial charge in [0, 0.05) is 20.1 Å². The van der Waals surface area contributed by atoms with Crippen molar-refractivity contribution >= 4 is 16.0 Å². The molecule has 0 radical (unpaired) electrons. The Morgan fingerprint density at radius 1 is 1.47 bits per heavy atom. The molecule has 3 N–H and O–H groups in total. The fraction of sp³-hybridized carbons (Fsp3) is 0.875. The predicted molar refractivity (Wildman–Crippen MR) is 62.2 cm³/mol. The molecular formula is C8H20N4O2S. The molecule has 0 aliphatic rings. The standard InChI is InChI=1S/C8H20N4O2S/c1-7(2)11-8(9)10-5-6-15(13,14)12(3)4/h7H,5-6H2,1-4H3,(H3,9,10,11). The first kappa shape index (κ1) is 14.2. The average Bonchev–Trinajstić information content (AvgIpc) is 2.01. The highest BCUT2D eigenvalue weighted by molar-refractivity contribution is 7.89. The fourth-order valence-electron chi connectivity index (χ4n) is 0.805. The molecule has 0 aromatic heterocycles. The average molecular weight is 236 g/mol. The van der Waals surface area contributed by atoms with Crippen LogP contribution in [0.1, 0.15) is 13.8 Å². The second-order valence-corrected chi connectivity index (χ2v) is 5.97. The van der Waals surface area contributed by atoms with Crippen LogP contribution in [0.5, 0.6) is 0 Å². The quantitative estimate of drug-likeness (QED) is 0.483. The Bertz CT molecular complexity index is 309. The Hall–Kier alpha value is -0.820. The van der Waals surface area contributed by atoms with Gasteiger partial charge >= 0.3 is 0 Å². The molecule has 0 saturated heterocycles. The van der Waals surface area contributed by atoms with Gasteiger partial charge < -0.3 is 11.1 Å². The first-order valence-corrected chi connectivity index (χ1v) is 6.33. The summed E-state index contributed by atoms with van der Waals surface area (Å²) in [6.45, 7) is 4.03. The van der Waals surface area contributed by atoms with Crippen molar-refractivity contribution in [3.05, 3.63) is 0 Å². The number of sulfonamides is 1. The lowest BCUT2D eigenvalue weighted by Crippen LogP contribution is -2.37. The minimum atomic E-state index is -3.18. The van der Waals surface area contributed by atoms with Crippen LogP contribution in [0.3, 0.4) is 0 Å². The van der Waals surface area contributed by atoms with E-state index in [2.05, 4.69) is 10.3 Å². The minimum Gasteiger partial charge on any atom is -0.370 e. The van der Waals surface area contributed by atoms with E-state index in [-0.39, 0.29) is 24.3 Å². The van der Waals surface area contributed by atoms with E-state index in [4.69, 9.17) is 5.73 Å². The zero-order chi connectivity index (χ0) is 12.1. The maximum atomic E-state index is 11.3. The zero-order valence-corrected chi connectivity index (χ0v) is 10.5.